The number of halogens is 1. The fourth-order valence-electron chi connectivity index (χ4n) is 2.10. The van der Waals surface area contributed by atoms with E-state index in [4.69, 9.17) is 5.26 Å². The third-order valence-electron chi connectivity index (χ3n) is 3.08. The highest BCUT2D eigenvalue weighted by Crippen LogP contribution is 2.25. The second-order valence-electron chi connectivity index (χ2n) is 4.52. The van der Waals surface area contributed by atoms with Crippen LogP contribution >= 0.6 is 0 Å². The quantitative estimate of drug-likeness (QED) is 0.638. The first kappa shape index (κ1) is 14.5. The summed E-state index contributed by atoms with van der Waals surface area (Å²) in [6.07, 6.45) is 0. The number of rotatable bonds is 4. The van der Waals surface area contributed by atoms with Crippen molar-refractivity contribution < 1.29 is 9.31 Å². The number of nitriles is 1. The molecule has 0 amide bonds. The molecular formula is C15H12FN3O2. The molecule has 0 unspecified atom stereocenters. The first-order chi connectivity index (χ1) is 10.0. The molecule has 0 aromatic heterocycles. The first-order valence-electron chi connectivity index (χ1n) is 6.16. The van der Waals surface area contributed by atoms with Gasteiger partial charge in [-0.25, -0.2) is 4.39 Å². The van der Waals surface area contributed by atoms with Crippen molar-refractivity contribution in [2.45, 2.75) is 6.54 Å². The summed E-state index contributed by atoms with van der Waals surface area (Å²) < 4.78 is 13.3. The highest BCUT2D eigenvalue weighted by molar-refractivity contribution is 5.59. The molecule has 0 heterocycles. The summed E-state index contributed by atoms with van der Waals surface area (Å²) in [5.74, 6) is -0.530. The lowest BCUT2D eigenvalue weighted by Gasteiger charge is -2.20. The number of hydrogen-bond acceptors (Lipinski definition) is 4. The van der Waals surface area contributed by atoms with E-state index in [0.29, 0.717) is 11.3 Å². The maximum Gasteiger partial charge on any atom is 0.274 e. The molecule has 0 aliphatic rings. The van der Waals surface area contributed by atoms with Gasteiger partial charge in [-0.3, -0.25) is 10.1 Å². The fourth-order valence-corrected chi connectivity index (χ4v) is 2.10. The lowest BCUT2D eigenvalue weighted by atomic mass is 10.1. The van der Waals surface area contributed by atoms with Gasteiger partial charge >= 0.3 is 0 Å². The molecule has 0 bridgehead atoms. The Morgan fingerprint density at radius 3 is 2.71 bits per heavy atom. The molecule has 0 aliphatic heterocycles. The zero-order chi connectivity index (χ0) is 15.4. The van der Waals surface area contributed by atoms with Crippen LogP contribution in [-0.4, -0.2) is 12.0 Å². The molecule has 0 saturated carbocycles. The van der Waals surface area contributed by atoms with E-state index in [1.807, 2.05) is 0 Å². The molecule has 106 valence electrons. The van der Waals surface area contributed by atoms with Gasteiger partial charge in [-0.05, 0) is 24.3 Å². The lowest BCUT2D eigenvalue weighted by molar-refractivity contribution is -0.385. The van der Waals surface area contributed by atoms with Gasteiger partial charge in [0.25, 0.3) is 5.69 Å². The number of hydrogen-bond donors (Lipinski definition) is 0. The van der Waals surface area contributed by atoms with E-state index in [0.717, 1.165) is 18.2 Å². The number of para-hydroxylation sites is 1. The molecule has 0 atom stereocenters. The standard InChI is InChI=1S/C15H12FN3O2/c1-18(14-5-3-2-4-11(14)9-17)10-12-8-13(16)6-7-15(12)19(20)21/h2-8H,10H2,1H3. The average molecular weight is 285 g/mol. The predicted molar refractivity (Wildman–Crippen MR) is 76.3 cm³/mol. The highest BCUT2D eigenvalue weighted by atomic mass is 19.1. The van der Waals surface area contributed by atoms with Crippen molar-refractivity contribution in [2.75, 3.05) is 11.9 Å². The van der Waals surface area contributed by atoms with E-state index in [1.165, 1.54) is 0 Å². The zero-order valence-corrected chi connectivity index (χ0v) is 11.3. The average Bonchev–Trinajstić information content (AvgIpc) is 2.46. The largest absolute Gasteiger partial charge is 0.369 e. The number of nitro benzene ring substituents is 1. The minimum Gasteiger partial charge on any atom is -0.369 e. The second kappa shape index (κ2) is 6.01. The van der Waals surface area contributed by atoms with Crippen molar-refractivity contribution in [2.24, 2.45) is 0 Å². The topological polar surface area (TPSA) is 70.2 Å². The van der Waals surface area contributed by atoms with Gasteiger partial charge in [0.2, 0.25) is 0 Å². The van der Waals surface area contributed by atoms with Crippen molar-refractivity contribution >= 4 is 11.4 Å². The van der Waals surface area contributed by atoms with Crippen molar-refractivity contribution in [3.63, 3.8) is 0 Å². The lowest BCUT2D eigenvalue weighted by Crippen LogP contribution is -2.18. The number of nitrogens with zero attached hydrogens (tertiary/aromatic N) is 3. The Balaban J connectivity index is 2.36. The second-order valence-corrected chi connectivity index (χ2v) is 4.52. The Hall–Kier alpha value is -2.94. The van der Waals surface area contributed by atoms with Gasteiger partial charge in [0, 0.05) is 19.7 Å². The van der Waals surface area contributed by atoms with Crippen LogP contribution in [0.3, 0.4) is 0 Å². The molecule has 0 spiro atoms. The van der Waals surface area contributed by atoms with Crippen LogP contribution in [0.2, 0.25) is 0 Å². The molecule has 2 aromatic carbocycles. The van der Waals surface area contributed by atoms with Crippen LogP contribution in [0, 0.1) is 27.3 Å². The van der Waals surface area contributed by atoms with Gasteiger partial charge in [-0.1, -0.05) is 12.1 Å². The van der Waals surface area contributed by atoms with Crippen LogP contribution < -0.4 is 4.90 Å². The van der Waals surface area contributed by atoms with Crippen LogP contribution in [0.4, 0.5) is 15.8 Å². The normalized spacial score (nSPS) is 9.95. The van der Waals surface area contributed by atoms with E-state index in [2.05, 4.69) is 6.07 Å². The highest BCUT2D eigenvalue weighted by Gasteiger charge is 2.17. The molecule has 2 rings (SSSR count). The molecule has 0 N–H and O–H groups in total. The van der Waals surface area contributed by atoms with E-state index in [1.54, 1.807) is 36.2 Å². The van der Waals surface area contributed by atoms with Gasteiger partial charge in [0.15, 0.2) is 0 Å². The van der Waals surface area contributed by atoms with Crippen LogP contribution in [0.25, 0.3) is 0 Å². The summed E-state index contributed by atoms with van der Waals surface area (Å²) in [7, 11) is 1.70. The Morgan fingerprint density at radius 2 is 2.05 bits per heavy atom. The Labute approximate surface area is 121 Å². The molecule has 0 aliphatic carbocycles. The van der Waals surface area contributed by atoms with Crippen molar-refractivity contribution in [1.29, 1.82) is 5.26 Å². The molecule has 2 aromatic rings. The van der Waals surface area contributed by atoms with Gasteiger partial charge in [-0.15, -0.1) is 0 Å². The van der Waals surface area contributed by atoms with Crippen LogP contribution in [0.5, 0.6) is 0 Å². The maximum absolute atomic E-state index is 13.3. The van der Waals surface area contributed by atoms with E-state index < -0.39 is 10.7 Å². The Bertz CT molecular complexity index is 725. The predicted octanol–water partition coefficient (Wildman–Crippen LogP) is 3.24. The maximum atomic E-state index is 13.3. The summed E-state index contributed by atoms with van der Waals surface area (Å²) in [6, 6.07) is 12.3. The van der Waals surface area contributed by atoms with Gasteiger partial charge in [-0.2, -0.15) is 5.26 Å². The summed E-state index contributed by atoms with van der Waals surface area (Å²) in [5.41, 5.74) is 1.21. The Morgan fingerprint density at radius 1 is 1.33 bits per heavy atom. The van der Waals surface area contributed by atoms with Crippen molar-refractivity contribution in [3.8, 4) is 6.07 Å². The van der Waals surface area contributed by atoms with E-state index >= 15 is 0 Å². The van der Waals surface area contributed by atoms with E-state index in [-0.39, 0.29) is 17.8 Å². The van der Waals surface area contributed by atoms with Crippen molar-refractivity contribution in [3.05, 3.63) is 69.5 Å². The molecule has 0 radical (unpaired) electrons. The third kappa shape index (κ3) is 3.15. The zero-order valence-electron chi connectivity index (χ0n) is 11.3. The molecule has 0 saturated heterocycles. The SMILES string of the molecule is CN(Cc1cc(F)ccc1[N+](=O)[O-])c1ccccc1C#N. The summed E-state index contributed by atoms with van der Waals surface area (Å²) in [6.45, 7) is 0.132. The van der Waals surface area contributed by atoms with Crippen LogP contribution in [-0.2, 0) is 6.54 Å². The van der Waals surface area contributed by atoms with E-state index in [9.17, 15) is 14.5 Å². The van der Waals surface area contributed by atoms with Gasteiger partial charge in [0.1, 0.15) is 11.9 Å². The summed E-state index contributed by atoms with van der Waals surface area (Å²) in [4.78, 5) is 12.1. The Kier molecular flexibility index (Phi) is 4.14. The van der Waals surface area contributed by atoms with Crippen molar-refractivity contribution in [1.82, 2.24) is 0 Å². The minimum atomic E-state index is -0.543. The minimum absolute atomic E-state index is 0.132. The summed E-state index contributed by atoms with van der Waals surface area (Å²) in [5, 5.41) is 20.1. The number of benzene rings is 2. The molecule has 5 nitrogen and oxygen atoms in total. The molecule has 6 heteroatoms. The van der Waals surface area contributed by atoms with Crippen LogP contribution in [0.1, 0.15) is 11.1 Å². The van der Waals surface area contributed by atoms with Crippen LogP contribution in [0.15, 0.2) is 42.5 Å². The summed E-state index contributed by atoms with van der Waals surface area (Å²) >= 11 is 0. The number of nitro groups is 1. The number of anilines is 1. The molecular weight excluding hydrogens is 273 g/mol. The smallest absolute Gasteiger partial charge is 0.274 e. The van der Waals surface area contributed by atoms with Gasteiger partial charge in [0.05, 0.1) is 21.7 Å². The van der Waals surface area contributed by atoms with Gasteiger partial charge < -0.3 is 4.90 Å². The monoisotopic (exact) mass is 285 g/mol. The molecule has 0 fully saturated rings. The molecule has 21 heavy (non-hydrogen) atoms. The third-order valence-corrected chi connectivity index (χ3v) is 3.08. The first-order valence-corrected chi connectivity index (χ1v) is 6.16. The fraction of sp³-hybridized carbons (Fsp3) is 0.133.